The minimum Gasteiger partial charge on any atom is -0.352 e. The lowest BCUT2D eigenvalue weighted by atomic mass is 10.2. The molecule has 0 radical (unpaired) electrons. The summed E-state index contributed by atoms with van der Waals surface area (Å²) in [6.07, 6.45) is 2.98. The Morgan fingerprint density at radius 3 is 1.87 bits per heavy atom. The molecule has 0 saturated carbocycles. The van der Waals surface area contributed by atoms with Gasteiger partial charge in [-0.2, -0.15) is 0 Å². The molecule has 0 fully saturated rings. The number of carbonyl (C=O) groups excluding carboxylic acids is 1. The molecule has 1 aromatic heterocycles. The van der Waals surface area contributed by atoms with Gasteiger partial charge in [-0.05, 0) is 27.4 Å². The van der Waals surface area contributed by atoms with Gasteiger partial charge in [0.1, 0.15) is 16.3 Å². The molecular weight excluding hydrogens is 344 g/mol. The number of rotatable bonds is 8. The zero-order chi connectivity index (χ0) is 17.8. The monoisotopic (exact) mass is 366 g/mol. The molecule has 9 nitrogen and oxygen atoms in total. The van der Waals surface area contributed by atoms with Crippen molar-refractivity contribution in [3.8, 4) is 0 Å². The van der Waals surface area contributed by atoms with Crippen molar-refractivity contribution in [2.24, 2.45) is 0 Å². The van der Waals surface area contributed by atoms with Crippen LogP contribution in [0.3, 0.4) is 0 Å². The Balaban J connectivity index is 3.24. The average Bonchev–Trinajstić information content (AvgIpc) is 2.92. The molecular formula is C12H22N4O5S2. The number of aromatic nitrogens is 1. The van der Waals surface area contributed by atoms with E-state index in [1.54, 1.807) is 0 Å². The molecule has 0 aliphatic rings. The van der Waals surface area contributed by atoms with Gasteiger partial charge in [0, 0.05) is 18.4 Å². The first-order valence-corrected chi connectivity index (χ1v) is 9.90. The van der Waals surface area contributed by atoms with E-state index in [-0.39, 0.29) is 18.5 Å². The number of sulfonamides is 2. The summed E-state index contributed by atoms with van der Waals surface area (Å²) in [4.78, 5) is 11.1. The first kappa shape index (κ1) is 19.6. The Morgan fingerprint density at radius 1 is 1.09 bits per heavy atom. The Bertz CT molecular complexity index is 716. The van der Waals surface area contributed by atoms with Crippen LogP contribution in [0.1, 0.15) is 20.3 Å². The quantitative estimate of drug-likeness (QED) is 0.556. The minimum atomic E-state index is -3.99. The number of carbonyl (C=O) groups is 1. The van der Waals surface area contributed by atoms with E-state index in [2.05, 4.69) is 14.8 Å². The van der Waals surface area contributed by atoms with Crippen molar-refractivity contribution in [1.29, 1.82) is 0 Å². The van der Waals surface area contributed by atoms with Gasteiger partial charge in [0.25, 0.3) is 0 Å². The molecule has 11 heteroatoms. The Hall–Kier alpha value is -1.43. The maximum absolute atomic E-state index is 12.0. The molecule has 0 unspecified atom stereocenters. The predicted molar refractivity (Wildman–Crippen MR) is 84.8 cm³/mol. The molecule has 1 rings (SSSR count). The summed E-state index contributed by atoms with van der Waals surface area (Å²) in [5.41, 5.74) is 0. The summed E-state index contributed by atoms with van der Waals surface area (Å²) in [6.45, 7) is 3.56. The van der Waals surface area contributed by atoms with Gasteiger partial charge in [-0.15, -0.1) is 0 Å². The Morgan fingerprint density at radius 2 is 1.52 bits per heavy atom. The number of hydrogen-bond donors (Lipinski definition) is 3. The van der Waals surface area contributed by atoms with E-state index in [0.29, 0.717) is 0 Å². The van der Waals surface area contributed by atoms with Crippen molar-refractivity contribution < 1.29 is 21.6 Å². The highest BCUT2D eigenvalue weighted by atomic mass is 32.2. The number of nitrogens with one attached hydrogen (secondary N) is 3. The molecule has 1 amide bonds. The van der Waals surface area contributed by atoms with Gasteiger partial charge >= 0.3 is 0 Å². The number of nitrogens with zero attached hydrogens (tertiary/aromatic N) is 1. The van der Waals surface area contributed by atoms with Gasteiger partial charge in [-0.1, -0.05) is 6.92 Å². The molecule has 3 N–H and O–H groups in total. The van der Waals surface area contributed by atoms with Crippen LogP contribution in [0, 0.1) is 0 Å². The second kappa shape index (κ2) is 7.43. The molecule has 132 valence electrons. The van der Waals surface area contributed by atoms with Gasteiger partial charge in [-0.3, -0.25) is 4.79 Å². The summed E-state index contributed by atoms with van der Waals surface area (Å²) in [5, 5.41) is 2.72. The SMILES string of the molecule is CC[C@H](C)NC(=O)Cn1cc(S(=O)(=O)NC)c(S(=O)(=O)NC)c1. The van der Waals surface area contributed by atoms with Gasteiger partial charge < -0.3 is 9.88 Å². The maximum Gasteiger partial charge on any atom is 0.243 e. The summed E-state index contributed by atoms with van der Waals surface area (Å²) in [6, 6.07) is -0.0286. The van der Waals surface area contributed by atoms with Gasteiger partial charge in [-0.25, -0.2) is 26.3 Å². The highest BCUT2D eigenvalue weighted by molar-refractivity contribution is 7.92. The summed E-state index contributed by atoms with van der Waals surface area (Å²) >= 11 is 0. The zero-order valence-corrected chi connectivity index (χ0v) is 15.1. The highest BCUT2D eigenvalue weighted by Crippen LogP contribution is 2.21. The fourth-order valence-corrected chi connectivity index (χ4v) is 4.05. The lowest BCUT2D eigenvalue weighted by Gasteiger charge is -2.11. The zero-order valence-electron chi connectivity index (χ0n) is 13.5. The molecule has 0 aromatic carbocycles. The third kappa shape index (κ3) is 4.77. The first-order valence-electron chi connectivity index (χ1n) is 6.93. The Kier molecular flexibility index (Phi) is 6.33. The molecule has 0 saturated heterocycles. The van der Waals surface area contributed by atoms with E-state index in [1.165, 1.54) is 18.7 Å². The normalized spacial score (nSPS) is 13.7. The molecule has 1 aromatic rings. The standard InChI is InChI=1S/C12H22N4O5S2/c1-5-9(2)15-12(17)8-16-6-10(22(18,19)13-3)11(7-16)23(20,21)14-4/h6-7,9,13-14H,5,8H2,1-4H3,(H,15,17)/t9-/m0/s1. The van der Waals surface area contributed by atoms with Crippen molar-refractivity contribution in [3.63, 3.8) is 0 Å². The fraction of sp³-hybridized carbons (Fsp3) is 0.583. The van der Waals surface area contributed by atoms with Crippen LogP contribution in [0.15, 0.2) is 22.2 Å². The number of hydrogen-bond acceptors (Lipinski definition) is 5. The van der Waals surface area contributed by atoms with Crippen LogP contribution in [0.2, 0.25) is 0 Å². The first-order chi connectivity index (χ1) is 10.6. The van der Waals surface area contributed by atoms with E-state index in [9.17, 15) is 21.6 Å². The van der Waals surface area contributed by atoms with Crippen LogP contribution in [0.5, 0.6) is 0 Å². The molecule has 23 heavy (non-hydrogen) atoms. The number of amides is 1. The minimum absolute atomic E-state index is 0.0286. The van der Waals surface area contributed by atoms with Crippen LogP contribution in [-0.4, -0.2) is 47.4 Å². The van der Waals surface area contributed by atoms with Crippen molar-refractivity contribution in [1.82, 2.24) is 19.3 Å². The molecule has 0 bridgehead atoms. The maximum atomic E-state index is 12.0. The van der Waals surface area contributed by atoms with Crippen LogP contribution >= 0.6 is 0 Å². The Labute approximate surface area is 136 Å². The van der Waals surface area contributed by atoms with Gasteiger partial charge in [0.15, 0.2) is 0 Å². The second-order valence-electron chi connectivity index (χ2n) is 4.95. The van der Waals surface area contributed by atoms with Crippen LogP contribution in [0.4, 0.5) is 0 Å². The van der Waals surface area contributed by atoms with Crippen LogP contribution in [0.25, 0.3) is 0 Å². The summed E-state index contributed by atoms with van der Waals surface area (Å²) in [7, 11) is -5.62. The predicted octanol–water partition coefficient (Wildman–Crippen LogP) is -0.781. The third-order valence-electron chi connectivity index (χ3n) is 3.27. The van der Waals surface area contributed by atoms with Gasteiger partial charge in [0.05, 0.1) is 0 Å². The van der Waals surface area contributed by atoms with E-state index >= 15 is 0 Å². The third-order valence-corrected chi connectivity index (χ3v) is 6.28. The molecule has 1 heterocycles. The largest absolute Gasteiger partial charge is 0.352 e. The average molecular weight is 366 g/mol. The van der Waals surface area contributed by atoms with Gasteiger partial charge in [0.2, 0.25) is 26.0 Å². The van der Waals surface area contributed by atoms with E-state index in [0.717, 1.165) is 18.8 Å². The second-order valence-corrected chi connectivity index (χ2v) is 8.66. The molecule has 0 aliphatic heterocycles. The van der Waals surface area contributed by atoms with Crippen molar-refractivity contribution in [3.05, 3.63) is 12.4 Å². The summed E-state index contributed by atoms with van der Waals surface area (Å²) < 4.78 is 53.3. The van der Waals surface area contributed by atoms with E-state index in [1.807, 2.05) is 13.8 Å². The fourth-order valence-electron chi connectivity index (χ4n) is 1.77. The van der Waals surface area contributed by atoms with Crippen molar-refractivity contribution >= 4 is 26.0 Å². The smallest absolute Gasteiger partial charge is 0.243 e. The van der Waals surface area contributed by atoms with Crippen LogP contribution < -0.4 is 14.8 Å². The lowest BCUT2D eigenvalue weighted by Crippen LogP contribution is -2.34. The lowest BCUT2D eigenvalue weighted by molar-refractivity contribution is -0.122. The van der Waals surface area contributed by atoms with Crippen LogP contribution in [-0.2, 0) is 31.4 Å². The summed E-state index contributed by atoms with van der Waals surface area (Å²) in [5.74, 6) is -0.337. The van der Waals surface area contributed by atoms with E-state index in [4.69, 9.17) is 0 Å². The van der Waals surface area contributed by atoms with Crippen molar-refractivity contribution in [2.45, 2.75) is 42.6 Å². The topological polar surface area (TPSA) is 126 Å². The molecule has 0 aliphatic carbocycles. The van der Waals surface area contributed by atoms with Crippen molar-refractivity contribution in [2.75, 3.05) is 14.1 Å². The highest BCUT2D eigenvalue weighted by Gasteiger charge is 2.27. The molecule has 0 spiro atoms. The molecule has 1 atom stereocenters. The van der Waals surface area contributed by atoms with E-state index < -0.39 is 29.8 Å².